The van der Waals surface area contributed by atoms with Gasteiger partial charge in [0.05, 0.1) is 12.1 Å². The Morgan fingerprint density at radius 3 is 2.57 bits per heavy atom. The molecule has 1 saturated carbocycles. The Kier molecular flexibility index (Phi) is 3.69. The first-order valence-corrected chi connectivity index (χ1v) is 7.36. The van der Waals surface area contributed by atoms with Crippen molar-refractivity contribution in [3.63, 3.8) is 0 Å². The molecule has 2 fully saturated rings. The number of nitrogens with zero attached hydrogens (tertiary/aromatic N) is 1. The fourth-order valence-corrected chi connectivity index (χ4v) is 3.28. The predicted molar refractivity (Wildman–Crippen MR) is 73.9 cm³/mol. The average molecular weight is 295 g/mol. The Labute approximate surface area is 122 Å². The Bertz CT molecular complexity index is 512. The highest BCUT2D eigenvalue weighted by Gasteiger charge is 2.51. The molecule has 1 aromatic carbocycles. The van der Waals surface area contributed by atoms with Crippen molar-refractivity contribution >= 4 is 5.91 Å². The van der Waals surface area contributed by atoms with Crippen LogP contribution in [0.2, 0.25) is 0 Å². The highest BCUT2D eigenvalue weighted by Crippen LogP contribution is 2.44. The highest BCUT2D eigenvalue weighted by molar-refractivity contribution is 5.80. The second kappa shape index (κ2) is 5.37. The van der Waals surface area contributed by atoms with Crippen LogP contribution in [0, 0.1) is 5.92 Å². The molecular formula is C16H19F2NO2. The van der Waals surface area contributed by atoms with Crippen LogP contribution in [0.3, 0.4) is 0 Å². The number of benzene rings is 1. The number of likely N-dealkylation sites (tertiary alicyclic amines) is 1. The maximum Gasteiger partial charge on any atom is 0.249 e. The summed E-state index contributed by atoms with van der Waals surface area (Å²) in [6.45, 7) is 0.458. The number of amides is 1. The van der Waals surface area contributed by atoms with E-state index in [2.05, 4.69) is 0 Å². The zero-order valence-corrected chi connectivity index (χ0v) is 11.7. The van der Waals surface area contributed by atoms with Crippen molar-refractivity contribution in [2.75, 3.05) is 6.54 Å². The minimum absolute atomic E-state index is 0.224. The largest absolute Gasteiger partial charge is 0.391 e. The van der Waals surface area contributed by atoms with Crippen molar-refractivity contribution in [2.45, 2.75) is 43.8 Å². The van der Waals surface area contributed by atoms with Crippen LogP contribution in [0.15, 0.2) is 30.3 Å². The number of alkyl halides is 2. The molecule has 21 heavy (non-hydrogen) atoms. The molecule has 0 radical (unpaired) electrons. The molecule has 0 aromatic heterocycles. The molecule has 1 N–H and O–H groups in total. The van der Waals surface area contributed by atoms with Crippen LogP contribution < -0.4 is 0 Å². The highest BCUT2D eigenvalue weighted by atomic mass is 19.3. The summed E-state index contributed by atoms with van der Waals surface area (Å²) < 4.78 is 25.9. The summed E-state index contributed by atoms with van der Waals surface area (Å²) in [5, 5.41) is 10.1. The van der Waals surface area contributed by atoms with E-state index in [1.807, 2.05) is 30.3 Å². The summed E-state index contributed by atoms with van der Waals surface area (Å²) in [6, 6.07) is 9.34. The van der Waals surface area contributed by atoms with Gasteiger partial charge in [0.25, 0.3) is 0 Å². The normalized spacial score (nSPS) is 28.4. The SMILES string of the molecule is O=C(C1CC(F)(F)C1)N1CC[C@H](O)[C@@H]1Cc1ccccc1. The van der Waals surface area contributed by atoms with Gasteiger partial charge in [-0.1, -0.05) is 30.3 Å². The zero-order chi connectivity index (χ0) is 15.0. The number of hydrogen-bond acceptors (Lipinski definition) is 2. The second-order valence-corrected chi connectivity index (χ2v) is 6.11. The molecule has 0 spiro atoms. The van der Waals surface area contributed by atoms with Gasteiger partial charge in [-0.15, -0.1) is 0 Å². The van der Waals surface area contributed by atoms with Gasteiger partial charge >= 0.3 is 0 Å². The van der Waals surface area contributed by atoms with Gasteiger partial charge in [0.15, 0.2) is 0 Å². The van der Waals surface area contributed by atoms with E-state index >= 15 is 0 Å². The molecule has 114 valence electrons. The Morgan fingerprint density at radius 1 is 1.29 bits per heavy atom. The average Bonchev–Trinajstić information content (AvgIpc) is 2.78. The molecule has 3 rings (SSSR count). The van der Waals surface area contributed by atoms with Gasteiger partial charge in [-0.05, 0) is 18.4 Å². The lowest BCUT2D eigenvalue weighted by molar-refractivity contribution is -0.161. The van der Waals surface area contributed by atoms with E-state index < -0.39 is 17.9 Å². The monoisotopic (exact) mass is 295 g/mol. The fraction of sp³-hybridized carbons (Fsp3) is 0.562. The topological polar surface area (TPSA) is 40.5 Å². The predicted octanol–water partition coefficient (Wildman–Crippen LogP) is 2.24. The van der Waals surface area contributed by atoms with Crippen molar-refractivity contribution in [1.29, 1.82) is 0 Å². The van der Waals surface area contributed by atoms with E-state index in [1.165, 1.54) is 0 Å². The van der Waals surface area contributed by atoms with E-state index in [9.17, 15) is 18.7 Å². The maximum absolute atomic E-state index is 12.9. The fourth-order valence-electron chi connectivity index (χ4n) is 3.28. The quantitative estimate of drug-likeness (QED) is 0.929. The van der Waals surface area contributed by atoms with Crippen LogP contribution in [0.4, 0.5) is 8.78 Å². The van der Waals surface area contributed by atoms with Crippen LogP contribution >= 0.6 is 0 Å². The minimum Gasteiger partial charge on any atom is -0.391 e. The smallest absolute Gasteiger partial charge is 0.249 e. The lowest BCUT2D eigenvalue weighted by Crippen LogP contribution is -2.50. The van der Waals surface area contributed by atoms with Crippen LogP contribution in [0.1, 0.15) is 24.8 Å². The molecule has 0 bridgehead atoms. The van der Waals surface area contributed by atoms with Gasteiger partial charge < -0.3 is 10.0 Å². The Hall–Kier alpha value is -1.49. The van der Waals surface area contributed by atoms with Crippen molar-refractivity contribution in [3.05, 3.63) is 35.9 Å². The zero-order valence-electron chi connectivity index (χ0n) is 11.7. The van der Waals surface area contributed by atoms with Gasteiger partial charge in [-0.3, -0.25) is 4.79 Å². The molecule has 2 atom stereocenters. The number of aliphatic hydroxyl groups is 1. The lowest BCUT2D eigenvalue weighted by Gasteiger charge is -2.38. The molecule has 1 aliphatic heterocycles. The molecule has 1 heterocycles. The molecular weight excluding hydrogens is 276 g/mol. The number of rotatable bonds is 3. The van der Waals surface area contributed by atoms with Gasteiger partial charge in [0.1, 0.15) is 0 Å². The molecule has 1 aromatic rings. The summed E-state index contributed by atoms with van der Waals surface area (Å²) in [7, 11) is 0. The van der Waals surface area contributed by atoms with Crippen molar-refractivity contribution in [1.82, 2.24) is 4.90 Å². The Morgan fingerprint density at radius 2 is 1.95 bits per heavy atom. The van der Waals surface area contributed by atoms with Crippen LogP contribution in [-0.4, -0.2) is 40.5 Å². The van der Waals surface area contributed by atoms with Crippen LogP contribution in [0.25, 0.3) is 0 Å². The van der Waals surface area contributed by atoms with E-state index in [4.69, 9.17) is 0 Å². The summed E-state index contributed by atoms with van der Waals surface area (Å²) in [4.78, 5) is 14.0. The lowest BCUT2D eigenvalue weighted by atomic mass is 9.80. The van der Waals surface area contributed by atoms with Crippen LogP contribution in [-0.2, 0) is 11.2 Å². The van der Waals surface area contributed by atoms with Gasteiger partial charge in [0, 0.05) is 25.3 Å². The summed E-state index contributed by atoms with van der Waals surface area (Å²) in [6.07, 6.45) is -0.189. The third-order valence-corrected chi connectivity index (χ3v) is 4.52. The van der Waals surface area contributed by atoms with Gasteiger partial charge in [-0.2, -0.15) is 0 Å². The summed E-state index contributed by atoms with van der Waals surface area (Å²) in [5.41, 5.74) is 1.04. The van der Waals surface area contributed by atoms with Crippen LogP contribution in [0.5, 0.6) is 0 Å². The first-order chi connectivity index (χ1) is 9.96. The molecule has 1 saturated heterocycles. The van der Waals surface area contributed by atoms with Gasteiger partial charge in [-0.25, -0.2) is 8.78 Å². The van der Waals surface area contributed by atoms with E-state index in [1.54, 1.807) is 4.90 Å². The molecule has 3 nitrogen and oxygen atoms in total. The number of hydrogen-bond donors (Lipinski definition) is 1. The van der Waals surface area contributed by atoms with Crippen molar-refractivity contribution < 1.29 is 18.7 Å². The summed E-state index contributed by atoms with van der Waals surface area (Å²) in [5.74, 6) is -3.49. The first-order valence-electron chi connectivity index (χ1n) is 7.36. The third kappa shape index (κ3) is 2.93. The van der Waals surface area contributed by atoms with E-state index in [-0.39, 0.29) is 24.8 Å². The third-order valence-electron chi connectivity index (χ3n) is 4.52. The first kappa shape index (κ1) is 14.4. The molecule has 0 unspecified atom stereocenters. The molecule has 5 heteroatoms. The van der Waals surface area contributed by atoms with Crippen molar-refractivity contribution in [2.24, 2.45) is 5.92 Å². The van der Waals surface area contributed by atoms with E-state index in [0.717, 1.165) is 5.56 Å². The van der Waals surface area contributed by atoms with Crippen molar-refractivity contribution in [3.8, 4) is 0 Å². The van der Waals surface area contributed by atoms with Gasteiger partial charge in [0.2, 0.25) is 11.8 Å². The molecule has 2 aliphatic rings. The number of carbonyl (C=O) groups is 1. The second-order valence-electron chi connectivity index (χ2n) is 6.11. The number of halogens is 2. The number of aliphatic hydroxyl groups excluding tert-OH is 1. The standard InChI is InChI=1S/C16H19F2NO2/c17-16(18)9-12(10-16)15(21)19-7-6-14(20)13(19)8-11-4-2-1-3-5-11/h1-5,12-14,20H,6-10H2/t13-,14-/m0/s1. The minimum atomic E-state index is -2.69. The van der Waals surface area contributed by atoms with E-state index in [0.29, 0.717) is 19.4 Å². The molecule has 1 aliphatic carbocycles. The summed E-state index contributed by atoms with van der Waals surface area (Å²) >= 11 is 0. The Balaban J connectivity index is 1.68. The maximum atomic E-state index is 12.9. The molecule has 1 amide bonds. The number of carbonyl (C=O) groups excluding carboxylic acids is 1.